The molecular weight excluding hydrogens is 369 g/mol. The number of hydrogen-bond acceptors (Lipinski definition) is 3. The number of ether oxygens (including phenoxy) is 1. The minimum Gasteiger partial charge on any atom is -0.493 e. The smallest absolute Gasteiger partial charge is 0.282 e. The molecule has 7 heteroatoms. The first-order chi connectivity index (χ1) is 13.4. The van der Waals surface area contributed by atoms with E-state index in [1.807, 2.05) is 0 Å². The van der Waals surface area contributed by atoms with Crippen molar-refractivity contribution >= 4 is 5.91 Å². The first-order valence-corrected chi connectivity index (χ1v) is 10.2. The molecule has 0 radical (unpaired) electrons. The highest BCUT2D eigenvalue weighted by Crippen LogP contribution is 2.49. The molecule has 3 aliphatic rings. The molecule has 1 aromatic rings. The Labute approximate surface area is 163 Å². The largest absolute Gasteiger partial charge is 0.493 e. The first-order valence-electron chi connectivity index (χ1n) is 10.2. The van der Waals surface area contributed by atoms with Crippen LogP contribution in [0.3, 0.4) is 0 Å². The number of carbonyl (C=O) groups excluding carboxylic acids is 1. The standard InChI is InChI=1S/C21H27F3N2O2/c22-19-11-17(2-1-16(19)10-20(27)26-12-21(23,24)13-26)28-8-5-15-9-18(15)14-3-6-25-7-4-14/h1-2,11,14-15,18,25H,3-10,12-13H2. The zero-order chi connectivity index (χ0) is 19.7. The number of rotatable bonds is 7. The molecular formula is C21H27F3N2O2. The predicted octanol–water partition coefficient (Wildman–Crippen LogP) is 3.25. The van der Waals surface area contributed by atoms with Crippen LogP contribution < -0.4 is 10.1 Å². The van der Waals surface area contributed by atoms with Gasteiger partial charge < -0.3 is 15.0 Å². The number of piperidine rings is 1. The van der Waals surface area contributed by atoms with Crippen molar-refractivity contribution in [3.63, 3.8) is 0 Å². The molecule has 2 atom stereocenters. The summed E-state index contributed by atoms with van der Waals surface area (Å²) in [5, 5.41) is 3.40. The number of nitrogens with zero attached hydrogens (tertiary/aromatic N) is 1. The van der Waals surface area contributed by atoms with E-state index in [0.29, 0.717) is 12.4 Å². The van der Waals surface area contributed by atoms with Crippen molar-refractivity contribution in [3.05, 3.63) is 29.6 Å². The Balaban J connectivity index is 1.20. The van der Waals surface area contributed by atoms with Crippen LogP contribution in [-0.2, 0) is 11.2 Å². The third-order valence-corrected chi connectivity index (χ3v) is 6.29. The van der Waals surface area contributed by atoms with Crippen molar-refractivity contribution in [2.45, 2.75) is 38.0 Å². The van der Waals surface area contributed by atoms with Gasteiger partial charge in [0.1, 0.15) is 11.6 Å². The molecule has 1 aliphatic carbocycles. The van der Waals surface area contributed by atoms with Crippen LogP contribution >= 0.6 is 0 Å². The Morgan fingerprint density at radius 1 is 1.25 bits per heavy atom. The van der Waals surface area contributed by atoms with E-state index in [9.17, 15) is 18.0 Å². The Bertz CT molecular complexity index is 714. The lowest BCUT2D eigenvalue weighted by Crippen LogP contribution is -2.58. The van der Waals surface area contributed by atoms with Crippen molar-refractivity contribution in [1.29, 1.82) is 0 Å². The second-order valence-corrected chi connectivity index (χ2v) is 8.42. The molecule has 4 nitrogen and oxygen atoms in total. The van der Waals surface area contributed by atoms with Gasteiger partial charge >= 0.3 is 0 Å². The summed E-state index contributed by atoms with van der Waals surface area (Å²) in [6.07, 6.45) is 4.59. The Morgan fingerprint density at radius 3 is 2.68 bits per heavy atom. The summed E-state index contributed by atoms with van der Waals surface area (Å²) in [6.45, 7) is 1.66. The van der Waals surface area contributed by atoms with Gasteiger partial charge in [-0.2, -0.15) is 0 Å². The van der Waals surface area contributed by atoms with Crippen LogP contribution in [0, 0.1) is 23.6 Å². The summed E-state index contributed by atoms with van der Waals surface area (Å²) < 4.78 is 45.6. The van der Waals surface area contributed by atoms with E-state index < -0.39 is 30.7 Å². The molecule has 0 aromatic heterocycles. The lowest BCUT2D eigenvalue weighted by atomic mass is 9.91. The molecule has 4 rings (SSSR count). The van der Waals surface area contributed by atoms with Gasteiger partial charge in [0, 0.05) is 6.07 Å². The molecule has 1 saturated carbocycles. The minimum atomic E-state index is -2.81. The average molecular weight is 396 g/mol. The lowest BCUT2D eigenvalue weighted by Gasteiger charge is -2.38. The second kappa shape index (κ2) is 7.93. The summed E-state index contributed by atoms with van der Waals surface area (Å²) in [5.41, 5.74) is 0.209. The number of amides is 1. The van der Waals surface area contributed by atoms with Crippen LogP contribution in [0.2, 0.25) is 0 Å². The number of nitrogens with one attached hydrogen (secondary N) is 1. The van der Waals surface area contributed by atoms with Crippen LogP contribution in [0.1, 0.15) is 31.2 Å². The van der Waals surface area contributed by atoms with Gasteiger partial charge in [-0.1, -0.05) is 6.07 Å². The number of benzene rings is 1. The quantitative estimate of drug-likeness (QED) is 0.769. The summed E-state index contributed by atoms with van der Waals surface area (Å²) >= 11 is 0. The molecule has 1 aromatic carbocycles. The third-order valence-electron chi connectivity index (χ3n) is 6.29. The molecule has 2 unspecified atom stereocenters. The molecule has 2 saturated heterocycles. The topological polar surface area (TPSA) is 41.6 Å². The van der Waals surface area contributed by atoms with Crippen LogP contribution in [0.4, 0.5) is 13.2 Å². The number of carbonyl (C=O) groups is 1. The maximum Gasteiger partial charge on any atom is 0.282 e. The number of halogens is 3. The molecule has 0 spiro atoms. The van der Waals surface area contributed by atoms with Crippen molar-refractivity contribution < 1.29 is 22.7 Å². The van der Waals surface area contributed by atoms with E-state index in [4.69, 9.17) is 4.74 Å². The number of hydrogen-bond donors (Lipinski definition) is 1. The van der Waals surface area contributed by atoms with Crippen molar-refractivity contribution in [1.82, 2.24) is 10.2 Å². The van der Waals surface area contributed by atoms with Crippen LogP contribution in [-0.4, -0.2) is 49.5 Å². The third kappa shape index (κ3) is 4.62. The van der Waals surface area contributed by atoms with E-state index in [0.717, 1.165) is 42.2 Å². The van der Waals surface area contributed by atoms with Crippen LogP contribution in [0.5, 0.6) is 5.75 Å². The SMILES string of the molecule is O=C(Cc1ccc(OCCC2CC2C2CCNCC2)cc1F)N1CC(F)(F)C1. The molecule has 0 bridgehead atoms. The van der Waals surface area contributed by atoms with E-state index in [-0.39, 0.29) is 12.0 Å². The van der Waals surface area contributed by atoms with Gasteiger partial charge in [0.05, 0.1) is 26.1 Å². The number of alkyl halides is 2. The van der Waals surface area contributed by atoms with E-state index in [1.165, 1.54) is 31.4 Å². The minimum absolute atomic E-state index is 0.206. The van der Waals surface area contributed by atoms with Crippen molar-refractivity contribution in [3.8, 4) is 5.75 Å². The van der Waals surface area contributed by atoms with Gasteiger partial charge in [0.25, 0.3) is 5.92 Å². The monoisotopic (exact) mass is 396 g/mol. The maximum atomic E-state index is 14.2. The highest BCUT2D eigenvalue weighted by atomic mass is 19.3. The molecule has 154 valence electrons. The van der Waals surface area contributed by atoms with E-state index in [2.05, 4.69) is 5.32 Å². The fourth-order valence-corrected chi connectivity index (χ4v) is 4.51. The van der Waals surface area contributed by atoms with Gasteiger partial charge in [-0.05, 0) is 68.2 Å². The van der Waals surface area contributed by atoms with Gasteiger partial charge in [0.15, 0.2) is 0 Å². The zero-order valence-corrected chi connectivity index (χ0v) is 15.9. The fraction of sp³-hybridized carbons (Fsp3) is 0.667. The molecule has 28 heavy (non-hydrogen) atoms. The van der Waals surface area contributed by atoms with Gasteiger partial charge in [-0.15, -0.1) is 0 Å². The normalized spacial score (nSPS) is 26.6. The molecule has 1 amide bonds. The predicted molar refractivity (Wildman–Crippen MR) is 98.9 cm³/mol. The summed E-state index contributed by atoms with van der Waals surface area (Å²) in [7, 11) is 0. The fourth-order valence-electron chi connectivity index (χ4n) is 4.51. The zero-order valence-electron chi connectivity index (χ0n) is 15.9. The molecule has 2 heterocycles. The Morgan fingerprint density at radius 2 is 2.00 bits per heavy atom. The van der Waals surface area contributed by atoms with E-state index >= 15 is 0 Å². The lowest BCUT2D eigenvalue weighted by molar-refractivity contribution is -0.165. The Hall–Kier alpha value is -1.76. The second-order valence-electron chi connectivity index (χ2n) is 8.42. The summed E-state index contributed by atoms with van der Waals surface area (Å²) in [6, 6.07) is 4.44. The average Bonchev–Trinajstić information content (AvgIpc) is 3.42. The maximum absolute atomic E-state index is 14.2. The highest BCUT2D eigenvalue weighted by molar-refractivity contribution is 5.79. The van der Waals surface area contributed by atoms with Gasteiger partial charge in [-0.3, -0.25) is 4.79 Å². The summed E-state index contributed by atoms with van der Waals surface area (Å²) in [5.74, 6) is -0.979. The van der Waals surface area contributed by atoms with Crippen molar-refractivity contribution in [2.75, 3.05) is 32.8 Å². The molecule has 2 aliphatic heterocycles. The van der Waals surface area contributed by atoms with Gasteiger partial charge in [-0.25, -0.2) is 13.2 Å². The number of likely N-dealkylation sites (tertiary alicyclic amines) is 1. The molecule has 3 fully saturated rings. The first kappa shape index (κ1) is 19.6. The highest BCUT2D eigenvalue weighted by Gasteiger charge is 2.46. The van der Waals surface area contributed by atoms with Gasteiger partial charge in [0.2, 0.25) is 5.91 Å². The van der Waals surface area contributed by atoms with Crippen molar-refractivity contribution in [2.24, 2.45) is 17.8 Å². The van der Waals surface area contributed by atoms with Crippen LogP contribution in [0.15, 0.2) is 18.2 Å². The summed E-state index contributed by atoms with van der Waals surface area (Å²) in [4.78, 5) is 13.0. The van der Waals surface area contributed by atoms with E-state index in [1.54, 1.807) is 6.07 Å². The molecule has 1 N–H and O–H groups in total. The Kier molecular flexibility index (Phi) is 5.54. The van der Waals surface area contributed by atoms with Crippen LogP contribution in [0.25, 0.3) is 0 Å².